The van der Waals surface area contributed by atoms with Gasteiger partial charge in [0.25, 0.3) is 5.91 Å². The molecule has 0 radical (unpaired) electrons. The van der Waals surface area contributed by atoms with Crippen molar-refractivity contribution < 1.29 is 14.1 Å². The zero-order valence-electron chi connectivity index (χ0n) is 16.2. The van der Waals surface area contributed by atoms with Crippen LogP contribution >= 0.6 is 23.1 Å². The van der Waals surface area contributed by atoms with Gasteiger partial charge in [0.2, 0.25) is 11.0 Å². The van der Waals surface area contributed by atoms with Crippen LogP contribution in [0.5, 0.6) is 0 Å². The average Bonchev–Trinajstić information content (AvgIpc) is 3.44. The maximum absolute atomic E-state index is 12.4. The molecule has 0 aliphatic heterocycles. The van der Waals surface area contributed by atoms with Crippen molar-refractivity contribution in [1.82, 2.24) is 20.7 Å². The van der Waals surface area contributed by atoms with Crippen LogP contribution in [0.4, 0.5) is 5.13 Å². The van der Waals surface area contributed by atoms with Gasteiger partial charge in [-0.25, -0.2) is 0 Å². The van der Waals surface area contributed by atoms with Crippen molar-refractivity contribution >= 4 is 40.0 Å². The maximum Gasteiger partial charge on any atom is 0.279 e. The van der Waals surface area contributed by atoms with Crippen LogP contribution in [0.2, 0.25) is 0 Å². The molecule has 2 aromatic heterocycles. The summed E-state index contributed by atoms with van der Waals surface area (Å²) in [4.78, 5) is 24.5. The number of aromatic nitrogens is 3. The smallest absolute Gasteiger partial charge is 0.279 e. The van der Waals surface area contributed by atoms with Gasteiger partial charge < -0.3 is 9.84 Å². The topological polar surface area (TPSA) is 110 Å². The fourth-order valence-corrected chi connectivity index (χ4v) is 4.80. The zero-order valence-corrected chi connectivity index (χ0v) is 17.8. The Morgan fingerprint density at radius 3 is 2.73 bits per heavy atom. The predicted octanol–water partition coefficient (Wildman–Crippen LogP) is 3.99. The van der Waals surface area contributed by atoms with Gasteiger partial charge >= 0.3 is 0 Å². The first-order valence-electron chi connectivity index (χ1n) is 9.76. The number of carbonyl (C=O) groups excluding carboxylic acids is 2. The number of nitrogens with zero attached hydrogens (tertiary/aromatic N) is 3. The molecule has 2 amide bonds. The lowest BCUT2D eigenvalue weighted by Crippen LogP contribution is -2.37. The van der Waals surface area contributed by atoms with Crippen molar-refractivity contribution in [2.75, 3.05) is 11.1 Å². The van der Waals surface area contributed by atoms with Crippen molar-refractivity contribution in [2.24, 2.45) is 0 Å². The summed E-state index contributed by atoms with van der Waals surface area (Å²) in [5.41, 5.74) is 0.996. The molecule has 10 heteroatoms. The molecule has 4 rings (SSSR count). The highest BCUT2D eigenvalue weighted by atomic mass is 32.2. The molecule has 1 saturated carbocycles. The molecule has 2 heterocycles. The van der Waals surface area contributed by atoms with Gasteiger partial charge in [0.1, 0.15) is 0 Å². The number of nitrogens with one attached hydrogen (secondary N) is 2. The van der Waals surface area contributed by atoms with Gasteiger partial charge in [-0.1, -0.05) is 77.8 Å². The molecule has 2 N–H and O–H groups in total. The van der Waals surface area contributed by atoms with Crippen molar-refractivity contribution in [3.8, 4) is 11.3 Å². The van der Waals surface area contributed by atoms with Gasteiger partial charge in [-0.15, -0.1) is 10.2 Å². The molecule has 8 nitrogen and oxygen atoms in total. The summed E-state index contributed by atoms with van der Waals surface area (Å²) < 4.78 is 5.87. The minimum atomic E-state index is -0.427. The van der Waals surface area contributed by atoms with Crippen LogP contribution in [0.1, 0.15) is 42.6 Å². The number of benzene rings is 1. The van der Waals surface area contributed by atoms with E-state index in [-0.39, 0.29) is 17.4 Å². The Bertz CT molecular complexity index is 999. The standard InChI is InChI=1S/C20H21N5O3S2/c26-17(21-14-9-5-2-6-10-14)12-29-20-24-23-19(30-20)22-18(27)15-11-16(28-25-15)13-7-3-1-4-8-13/h1,3-4,7-8,11,14H,2,5-6,9-10,12H2,(H,21,26)(H,22,23,27). The third-order valence-electron chi connectivity index (χ3n) is 4.73. The van der Waals surface area contributed by atoms with Gasteiger partial charge in [-0.05, 0) is 12.8 Å². The molecule has 0 atom stereocenters. The first-order valence-corrected chi connectivity index (χ1v) is 11.6. The average molecular weight is 444 g/mol. The van der Waals surface area contributed by atoms with Crippen LogP contribution in [0.3, 0.4) is 0 Å². The van der Waals surface area contributed by atoms with Gasteiger partial charge in [0.15, 0.2) is 15.8 Å². The second kappa shape index (κ2) is 9.86. The van der Waals surface area contributed by atoms with E-state index in [0.717, 1.165) is 18.4 Å². The lowest BCUT2D eigenvalue weighted by atomic mass is 9.95. The molecule has 0 bridgehead atoms. The fraction of sp³-hybridized carbons (Fsp3) is 0.350. The van der Waals surface area contributed by atoms with E-state index in [1.54, 1.807) is 6.07 Å². The van der Waals surface area contributed by atoms with Crippen LogP contribution in [0.25, 0.3) is 11.3 Å². The van der Waals surface area contributed by atoms with Crippen molar-refractivity contribution in [1.29, 1.82) is 0 Å². The summed E-state index contributed by atoms with van der Waals surface area (Å²) in [6.45, 7) is 0. The second-order valence-corrected chi connectivity index (χ2v) is 9.16. The quantitative estimate of drug-likeness (QED) is 0.420. The molecular weight excluding hydrogens is 422 g/mol. The van der Waals surface area contributed by atoms with Crippen LogP contribution < -0.4 is 10.6 Å². The van der Waals surface area contributed by atoms with E-state index in [1.165, 1.54) is 42.4 Å². The van der Waals surface area contributed by atoms with Crippen molar-refractivity contribution in [2.45, 2.75) is 42.5 Å². The first kappa shape index (κ1) is 20.5. The van der Waals surface area contributed by atoms with Crippen molar-refractivity contribution in [3.05, 3.63) is 42.1 Å². The Morgan fingerprint density at radius 1 is 1.13 bits per heavy atom. The molecule has 156 valence electrons. The minimum Gasteiger partial charge on any atom is -0.355 e. The van der Waals surface area contributed by atoms with Crippen LogP contribution in [0.15, 0.2) is 45.3 Å². The molecule has 0 unspecified atom stereocenters. The van der Waals surface area contributed by atoms with Crippen LogP contribution in [-0.4, -0.2) is 39.0 Å². The van der Waals surface area contributed by atoms with E-state index in [1.807, 2.05) is 30.3 Å². The number of hydrogen-bond acceptors (Lipinski definition) is 8. The number of thioether (sulfide) groups is 1. The molecular formula is C20H21N5O3S2. The van der Waals surface area contributed by atoms with E-state index in [4.69, 9.17) is 4.52 Å². The Labute approximate surface area is 181 Å². The summed E-state index contributed by atoms with van der Waals surface area (Å²) in [5, 5.41) is 17.9. The third-order valence-corrected chi connectivity index (χ3v) is 6.70. The summed E-state index contributed by atoms with van der Waals surface area (Å²) in [6, 6.07) is 11.3. The largest absolute Gasteiger partial charge is 0.355 e. The number of carbonyl (C=O) groups is 2. The normalized spacial score (nSPS) is 14.4. The summed E-state index contributed by atoms with van der Waals surface area (Å²) in [6.07, 6.45) is 5.72. The lowest BCUT2D eigenvalue weighted by molar-refractivity contribution is -0.119. The lowest BCUT2D eigenvalue weighted by Gasteiger charge is -2.22. The molecule has 0 saturated heterocycles. The SMILES string of the molecule is O=C(CSc1nnc(NC(=O)c2cc(-c3ccccc3)on2)s1)NC1CCCCC1. The highest BCUT2D eigenvalue weighted by Crippen LogP contribution is 2.26. The number of amides is 2. The molecule has 30 heavy (non-hydrogen) atoms. The first-order chi connectivity index (χ1) is 14.7. The molecule has 3 aromatic rings. The molecule has 1 aliphatic rings. The molecule has 0 spiro atoms. The number of hydrogen-bond donors (Lipinski definition) is 2. The zero-order chi connectivity index (χ0) is 20.8. The van der Waals surface area contributed by atoms with E-state index in [0.29, 0.717) is 21.3 Å². The van der Waals surface area contributed by atoms with Crippen molar-refractivity contribution in [3.63, 3.8) is 0 Å². The monoisotopic (exact) mass is 443 g/mol. The molecule has 1 aliphatic carbocycles. The van der Waals surface area contributed by atoms with Gasteiger partial charge in [0.05, 0.1) is 5.75 Å². The Kier molecular flexibility index (Phi) is 6.75. The van der Waals surface area contributed by atoms with E-state index in [2.05, 4.69) is 26.0 Å². The molecule has 1 aromatic carbocycles. The van der Waals surface area contributed by atoms with Gasteiger partial charge in [-0.2, -0.15) is 0 Å². The highest BCUT2D eigenvalue weighted by molar-refractivity contribution is 8.01. The molecule has 1 fully saturated rings. The minimum absolute atomic E-state index is 0.00345. The highest BCUT2D eigenvalue weighted by Gasteiger charge is 2.18. The van der Waals surface area contributed by atoms with E-state index in [9.17, 15) is 9.59 Å². The Hall–Kier alpha value is -2.72. The number of anilines is 1. The van der Waals surface area contributed by atoms with E-state index >= 15 is 0 Å². The second-order valence-electron chi connectivity index (χ2n) is 6.96. The Morgan fingerprint density at radius 2 is 1.93 bits per heavy atom. The van der Waals surface area contributed by atoms with E-state index < -0.39 is 5.91 Å². The summed E-state index contributed by atoms with van der Waals surface area (Å²) >= 11 is 2.53. The fourth-order valence-electron chi connectivity index (χ4n) is 3.24. The number of rotatable bonds is 7. The Balaban J connectivity index is 1.27. The van der Waals surface area contributed by atoms with Gasteiger partial charge in [-0.3, -0.25) is 14.9 Å². The third kappa shape index (κ3) is 5.45. The van der Waals surface area contributed by atoms with Gasteiger partial charge in [0, 0.05) is 17.7 Å². The summed E-state index contributed by atoms with van der Waals surface area (Å²) in [7, 11) is 0. The summed E-state index contributed by atoms with van der Waals surface area (Å²) in [5.74, 6) is 0.369. The maximum atomic E-state index is 12.4. The van der Waals surface area contributed by atoms with Crippen LogP contribution in [0, 0.1) is 0 Å². The predicted molar refractivity (Wildman–Crippen MR) is 116 cm³/mol. The van der Waals surface area contributed by atoms with Crippen LogP contribution in [-0.2, 0) is 4.79 Å².